The molecule has 176 valence electrons. The lowest BCUT2D eigenvalue weighted by atomic mass is 10.0. The predicted octanol–water partition coefficient (Wildman–Crippen LogP) is 6.08. The van der Waals surface area contributed by atoms with Crippen molar-refractivity contribution in [3.05, 3.63) is 54.1 Å². The molecule has 2 aromatic carbocycles. The summed E-state index contributed by atoms with van der Waals surface area (Å²) in [5, 5.41) is 14.2. The molecule has 1 heterocycles. The van der Waals surface area contributed by atoms with Gasteiger partial charge in [0, 0.05) is 17.7 Å². The predicted molar refractivity (Wildman–Crippen MR) is 131 cm³/mol. The summed E-state index contributed by atoms with van der Waals surface area (Å²) in [6.07, 6.45) is 1.94. The van der Waals surface area contributed by atoms with E-state index in [1.807, 2.05) is 60.1 Å². The Bertz CT molecular complexity index is 1070. The number of unbranched alkanes of at least 4 members (excludes halogenated alkanes) is 1. The summed E-state index contributed by atoms with van der Waals surface area (Å²) in [5.41, 5.74) is 4.23. The van der Waals surface area contributed by atoms with Crippen molar-refractivity contribution in [3.63, 3.8) is 0 Å². The number of carboxylic acids is 1. The zero-order valence-corrected chi connectivity index (χ0v) is 20.0. The van der Waals surface area contributed by atoms with Crippen molar-refractivity contribution in [1.82, 2.24) is 9.78 Å². The van der Waals surface area contributed by atoms with Crippen molar-refractivity contribution in [2.75, 3.05) is 13.2 Å². The van der Waals surface area contributed by atoms with E-state index in [1.165, 1.54) is 0 Å². The van der Waals surface area contributed by atoms with Gasteiger partial charge in [0.1, 0.15) is 11.5 Å². The summed E-state index contributed by atoms with van der Waals surface area (Å²) in [6, 6.07) is 15.6. The lowest BCUT2D eigenvalue weighted by molar-refractivity contribution is -0.136. The maximum atomic E-state index is 11.3. The fraction of sp³-hybridized carbons (Fsp3) is 0.407. The number of carboxylic acid groups (broad SMARTS) is 1. The average Bonchev–Trinajstić information content (AvgIpc) is 3.17. The summed E-state index contributed by atoms with van der Waals surface area (Å²) in [7, 11) is 0. The Balaban J connectivity index is 2.13. The van der Waals surface area contributed by atoms with Gasteiger partial charge in [-0.05, 0) is 55.2 Å². The van der Waals surface area contributed by atoms with Crippen molar-refractivity contribution < 1.29 is 19.4 Å². The van der Waals surface area contributed by atoms with Crippen LogP contribution in [0.15, 0.2) is 48.5 Å². The number of benzene rings is 2. The van der Waals surface area contributed by atoms with Crippen LogP contribution in [0.4, 0.5) is 0 Å². The van der Waals surface area contributed by atoms with Gasteiger partial charge < -0.3 is 14.6 Å². The number of nitrogens with zero attached hydrogens (tertiary/aromatic N) is 2. The van der Waals surface area contributed by atoms with Crippen molar-refractivity contribution >= 4 is 5.97 Å². The molecule has 0 fully saturated rings. The van der Waals surface area contributed by atoms with Crippen molar-refractivity contribution in [3.8, 4) is 34.0 Å². The van der Waals surface area contributed by atoms with Crippen LogP contribution in [0.3, 0.4) is 0 Å². The van der Waals surface area contributed by atoms with Gasteiger partial charge in [0.05, 0.1) is 31.0 Å². The van der Waals surface area contributed by atoms with Crippen LogP contribution in [-0.2, 0) is 17.8 Å². The third kappa shape index (κ3) is 6.37. The van der Waals surface area contributed by atoms with E-state index in [9.17, 15) is 9.90 Å². The van der Waals surface area contributed by atoms with E-state index < -0.39 is 5.97 Å². The van der Waals surface area contributed by atoms with Gasteiger partial charge >= 0.3 is 5.97 Å². The van der Waals surface area contributed by atoms with E-state index in [0.29, 0.717) is 19.1 Å². The number of aliphatic carboxylic acids is 1. The van der Waals surface area contributed by atoms with Crippen LogP contribution in [0.25, 0.3) is 22.5 Å². The number of para-hydroxylation sites is 1. The van der Waals surface area contributed by atoms with E-state index in [-0.39, 0.29) is 6.42 Å². The number of carbonyl (C=O) groups is 1. The monoisotopic (exact) mass is 450 g/mol. The van der Waals surface area contributed by atoms with E-state index in [2.05, 4.69) is 20.8 Å². The zero-order chi connectivity index (χ0) is 23.8. The second kappa shape index (κ2) is 11.5. The fourth-order valence-electron chi connectivity index (χ4n) is 3.72. The molecular formula is C27H34N2O4. The Kier molecular flexibility index (Phi) is 8.52. The molecule has 1 N–H and O–H groups in total. The first kappa shape index (κ1) is 24.4. The van der Waals surface area contributed by atoms with Gasteiger partial charge in [-0.25, -0.2) is 0 Å². The highest BCUT2D eigenvalue weighted by Gasteiger charge is 2.19. The first-order chi connectivity index (χ1) is 15.9. The van der Waals surface area contributed by atoms with Crippen LogP contribution >= 0.6 is 0 Å². The average molecular weight is 451 g/mol. The van der Waals surface area contributed by atoms with E-state index >= 15 is 0 Å². The third-order valence-corrected chi connectivity index (χ3v) is 5.21. The molecule has 3 aromatic rings. The number of rotatable bonds is 12. The second-order valence-corrected chi connectivity index (χ2v) is 8.52. The van der Waals surface area contributed by atoms with Crippen LogP contribution in [0.5, 0.6) is 11.5 Å². The number of hydrogen-bond acceptors (Lipinski definition) is 4. The van der Waals surface area contributed by atoms with Gasteiger partial charge in [-0.15, -0.1) is 0 Å². The highest BCUT2D eigenvalue weighted by molar-refractivity contribution is 5.77. The maximum absolute atomic E-state index is 11.3. The molecule has 0 spiro atoms. The molecule has 0 bridgehead atoms. The largest absolute Gasteiger partial charge is 0.493 e. The van der Waals surface area contributed by atoms with E-state index in [4.69, 9.17) is 14.6 Å². The topological polar surface area (TPSA) is 73.6 Å². The lowest BCUT2D eigenvalue weighted by Crippen LogP contribution is -2.08. The molecule has 0 atom stereocenters. The highest BCUT2D eigenvalue weighted by atomic mass is 16.5. The zero-order valence-electron chi connectivity index (χ0n) is 20.0. The van der Waals surface area contributed by atoms with Gasteiger partial charge in [0.25, 0.3) is 0 Å². The molecule has 0 aliphatic carbocycles. The fourth-order valence-corrected chi connectivity index (χ4v) is 3.72. The minimum Gasteiger partial charge on any atom is -0.493 e. The van der Waals surface area contributed by atoms with E-state index in [1.54, 1.807) is 0 Å². The van der Waals surface area contributed by atoms with Crippen molar-refractivity contribution in [2.24, 2.45) is 5.92 Å². The quantitative estimate of drug-likeness (QED) is 0.339. The molecule has 0 radical (unpaired) electrons. The van der Waals surface area contributed by atoms with Gasteiger partial charge in [-0.1, -0.05) is 45.4 Å². The Morgan fingerprint density at radius 3 is 2.48 bits per heavy atom. The third-order valence-electron chi connectivity index (χ3n) is 5.21. The van der Waals surface area contributed by atoms with Gasteiger partial charge in [0.2, 0.25) is 0 Å². The first-order valence-corrected chi connectivity index (χ1v) is 11.7. The Morgan fingerprint density at radius 2 is 1.79 bits per heavy atom. The Morgan fingerprint density at radius 1 is 1.03 bits per heavy atom. The molecule has 0 aliphatic rings. The minimum absolute atomic E-state index is 0.0467. The molecule has 3 rings (SSSR count). The Labute approximate surface area is 196 Å². The van der Waals surface area contributed by atoms with Crippen LogP contribution in [0, 0.1) is 5.92 Å². The molecule has 6 nitrogen and oxygen atoms in total. The summed E-state index contributed by atoms with van der Waals surface area (Å²) in [6.45, 7) is 10.3. The lowest BCUT2D eigenvalue weighted by Gasteiger charge is -2.13. The highest BCUT2D eigenvalue weighted by Crippen LogP contribution is 2.36. The minimum atomic E-state index is -0.864. The van der Waals surface area contributed by atoms with Gasteiger partial charge in [0.15, 0.2) is 0 Å². The normalized spacial score (nSPS) is 11.1. The second-order valence-electron chi connectivity index (χ2n) is 8.52. The standard InChI is InChI=1S/C27H34N2O4/c1-5-7-14-33-26-13-12-20(16-27(30)31)15-22(26)23-17-24(29(28-23)18-19(3)4)21-10-8-9-11-25(21)32-6-2/h8-13,15,17,19H,5-7,14,16,18H2,1-4H3,(H,30,31). The summed E-state index contributed by atoms with van der Waals surface area (Å²) < 4.78 is 14.0. The van der Waals surface area contributed by atoms with Crippen LogP contribution in [-0.4, -0.2) is 34.1 Å². The molecule has 0 unspecified atom stereocenters. The molecule has 33 heavy (non-hydrogen) atoms. The molecule has 0 amide bonds. The molecule has 0 saturated carbocycles. The molecule has 6 heteroatoms. The molecular weight excluding hydrogens is 416 g/mol. The summed E-state index contributed by atoms with van der Waals surface area (Å²) in [4.78, 5) is 11.3. The maximum Gasteiger partial charge on any atom is 0.307 e. The molecule has 1 aromatic heterocycles. The van der Waals surface area contributed by atoms with Crippen LogP contribution < -0.4 is 9.47 Å². The SMILES string of the molecule is CCCCOc1ccc(CC(=O)O)cc1-c1cc(-c2ccccc2OCC)n(CC(C)C)n1. The Hall–Kier alpha value is -3.28. The molecule has 0 saturated heterocycles. The van der Waals surface area contributed by atoms with Crippen LogP contribution in [0.2, 0.25) is 0 Å². The summed E-state index contributed by atoms with van der Waals surface area (Å²) in [5.74, 6) is 1.07. The van der Waals surface area contributed by atoms with Crippen molar-refractivity contribution in [2.45, 2.75) is 53.5 Å². The molecule has 0 aliphatic heterocycles. The number of hydrogen-bond donors (Lipinski definition) is 1. The number of ether oxygens (including phenoxy) is 2. The van der Waals surface area contributed by atoms with Gasteiger partial charge in [-0.2, -0.15) is 5.10 Å². The first-order valence-electron chi connectivity index (χ1n) is 11.7. The van der Waals surface area contributed by atoms with Crippen molar-refractivity contribution in [1.29, 1.82) is 0 Å². The summed E-state index contributed by atoms with van der Waals surface area (Å²) >= 11 is 0. The number of aromatic nitrogens is 2. The van der Waals surface area contributed by atoms with Crippen LogP contribution in [0.1, 0.15) is 46.1 Å². The smallest absolute Gasteiger partial charge is 0.307 e. The van der Waals surface area contributed by atoms with Gasteiger partial charge in [-0.3, -0.25) is 9.48 Å². The van der Waals surface area contributed by atoms with E-state index in [0.717, 1.165) is 59.0 Å².